The topological polar surface area (TPSA) is 42.9 Å². The predicted octanol–water partition coefficient (Wildman–Crippen LogP) is 2.78. The molecule has 2 saturated heterocycles. The molecule has 2 aliphatic heterocycles. The van der Waals surface area contributed by atoms with E-state index in [1.807, 2.05) is 7.05 Å². The fourth-order valence-corrected chi connectivity index (χ4v) is 4.20. The van der Waals surface area contributed by atoms with E-state index in [-0.39, 0.29) is 24.0 Å². The van der Waals surface area contributed by atoms with Gasteiger partial charge >= 0.3 is 0 Å². The van der Waals surface area contributed by atoms with Crippen molar-refractivity contribution in [3.8, 4) is 0 Å². The van der Waals surface area contributed by atoms with Crippen molar-refractivity contribution in [3.05, 3.63) is 35.9 Å². The number of rotatable bonds is 7. The first-order chi connectivity index (χ1) is 12.8. The molecule has 2 aliphatic rings. The van der Waals surface area contributed by atoms with Gasteiger partial charge in [0, 0.05) is 39.3 Å². The Labute approximate surface area is 182 Å². The van der Waals surface area contributed by atoms with Crippen molar-refractivity contribution >= 4 is 29.9 Å². The molecule has 2 unspecified atom stereocenters. The predicted molar refractivity (Wildman–Crippen MR) is 125 cm³/mol. The van der Waals surface area contributed by atoms with Crippen molar-refractivity contribution in [2.24, 2.45) is 10.9 Å². The van der Waals surface area contributed by atoms with Crippen LogP contribution in [0.1, 0.15) is 31.7 Å². The van der Waals surface area contributed by atoms with Gasteiger partial charge in [-0.3, -0.25) is 9.89 Å². The minimum Gasteiger partial charge on any atom is -0.356 e. The zero-order chi connectivity index (χ0) is 18.2. The molecule has 152 valence electrons. The van der Waals surface area contributed by atoms with Gasteiger partial charge in [-0.15, -0.1) is 24.0 Å². The van der Waals surface area contributed by atoms with Gasteiger partial charge in [0.1, 0.15) is 0 Å². The van der Waals surface area contributed by atoms with Crippen LogP contribution in [-0.2, 0) is 6.54 Å². The monoisotopic (exact) mass is 485 g/mol. The molecule has 2 atom stereocenters. The van der Waals surface area contributed by atoms with E-state index in [2.05, 4.69) is 62.7 Å². The molecule has 0 spiro atoms. The number of benzene rings is 1. The second kappa shape index (κ2) is 11.9. The molecule has 1 aromatic rings. The van der Waals surface area contributed by atoms with Crippen LogP contribution in [0.2, 0.25) is 0 Å². The van der Waals surface area contributed by atoms with Crippen LogP contribution in [0.25, 0.3) is 0 Å². The summed E-state index contributed by atoms with van der Waals surface area (Å²) in [5.74, 6) is 1.70. The summed E-state index contributed by atoms with van der Waals surface area (Å²) in [5, 5.41) is 7.10. The van der Waals surface area contributed by atoms with E-state index in [1.54, 1.807) is 0 Å². The number of nitrogens with zero attached hydrogens (tertiary/aromatic N) is 3. The van der Waals surface area contributed by atoms with E-state index >= 15 is 0 Å². The molecule has 0 radical (unpaired) electrons. The lowest BCUT2D eigenvalue weighted by Gasteiger charge is -2.26. The van der Waals surface area contributed by atoms with Crippen molar-refractivity contribution in [2.45, 2.75) is 38.8 Å². The Morgan fingerprint density at radius 3 is 2.59 bits per heavy atom. The van der Waals surface area contributed by atoms with Gasteiger partial charge in [0.05, 0.1) is 0 Å². The van der Waals surface area contributed by atoms with Crippen molar-refractivity contribution in [2.75, 3.05) is 46.3 Å². The van der Waals surface area contributed by atoms with Crippen LogP contribution >= 0.6 is 24.0 Å². The van der Waals surface area contributed by atoms with Gasteiger partial charge in [0.25, 0.3) is 0 Å². The molecule has 0 saturated carbocycles. The summed E-state index contributed by atoms with van der Waals surface area (Å²) < 4.78 is 0. The molecule has 0 aliphatic carbocycles. The maximum absolute atomic E-state index is 4.42. The third-order valence-corrected chi connectivity index (χ3v) is 5.83. The highest BCUT2D eigenvalue weighted by atomic mass is 127. The smallest absolute Gasteiger partial charge is 0.191 e. The number of likely N-dealkylation sites (tertiary alicyclic amines) is 2. The highest BCUT2D eigenvalue weighted by Crippen LogP contribution is 2.19. The first kappa shape index (κ1) is 22.4. The Balaban J connectivity index is 0.00000261. The van der Waals surface area contributed by atoms with E-state index in [0.29, 0.717) is 6.04 Å². The van der Waals surface area contributed by atoms with Crippen LogP contribution in [0.4, 0.5) is 0 Å². The third kappa shape index (κ3) is 6.91. The fraction of sp³-hybridized carbons (Fsp3) is 0.667. The molecule has 2 N–H and O–H groups in total. The standard InChI is InChI=1S/C21H35N5.HI/c1-3-25-13-11-19(16-25)14-23-21(22-2)24-15-20-10-7-12-26(20)17-18-8-5-4-6-9-18;/h4-6,8-9,19-20H,3,7,10-17H2,1-2H3,(H2,22,23,24);1H. The van der Waals surface area contributed by atoms with E-state index in [0.717, 1.165) is 31.5 Å². The number of nitrogens with one attached hydrogen (secondary N) is 2. The largest absolute Gasteiger partial charge is 0.356 e. The molecule has 2 heterocycles. The number of aliphatic imine (C=N–C) groups is 1. The summed E-state index contributed by atoms with van der Waals surface area (Å²) >= 11 is 0. The molecule has 0 bridgehead atoms. The van der Waals surface area contributed by atoms with Crippen LogP contribution < -0.4 is 10.6 Å². The molecule has 5 nitrogen and oxygen atoms in total. The molecule has 0 aromatic heterocycles. The third-order valence-electron chi connectivity index (χ3n) is 5.83. The lowest BCUT2D eigenvalue weighted by molar-refractivity contribution is 0.245. The summed E-state index contributed by atoms with van der Waals surface area (Å²) in [7, 11) is 1.87. The van der Waals surface area contributed by atoms with Gasteiger partial charge in [-0.2, -0.15) is 0 Å². The van der Waals surface area contributed by atoms with Gasteiger partial charge < -0.3 is 15.5 Å². The van der Waals surface area contributed by atoms with Crippen LogP contribution in [0.3, 0.4) is 0 Å². The van der Waals surface area contributed by atoms with Crippen LogP contribution in [0, 0.1) is 5.92 Å². The highest BCUT2D eigenvalue weighted by Gasteiger charge is 2.25. The van der Waals surface area contributed by atoms with Crippen LogP contribution in [-0.4, -0.2) is 68.1 Å². The lowest BCUT2D eigenvalue weighted by Crippen LogP contribution is -2.45. The normalized spacial score (nSPS) is 24.0. The van der Waals surface area contributed by atoms with Gasteiger partial charge in [-0.05, 0) is 50.4 Å². The second-order valence-corrected chi connectivity index (χ2v) is 7.63. The van der Waals surface area contributed by atoms with E-state index < -0.39 is 0 Å². The maximum atomic E-state index is 4.42. The van der Waals surface area contributed by atoms with E-state index in [1.165, 1.54) is 51.0 Å². The zero-order valence-electron chi connectivity index (χ0n) is 16.9. The molecule has 3 rings (SSSR count). The summed E-state index contributed by atoms with van der Waals surface area (Å²) in [6, 6.07) is 11.4. The molecule has 6 heteroatoms. The van der Waals surface area contributed by atoms with Crippen molar-refractivity contribution < 1.29 is 0 Å². The highest BCUT2D eigenvalue weighted by molar-refractivity contribution is 14.0. The minimum absolute atomic E-state index is 0. The molecule has 1 aromatic carbocycles. The molecular formula is C21H36IN5. The Morgan fingerprint density at radius 2 is 1.89 bits per heavy atom. The lowest BCUT2D eigenvalue weighted by atomic mass is 10.1. The fourth-order valence-electron chi connectivity index (χ4n) is 4.20. The second-order valence-electron chi connectivity index (χ2n) is 7.63. The van der Waals surface area contributed by atoms with Crippen molar-refractivity contribution in [1.29, 1.82) is 0 Å². The minimum atomic E-state index is 0. The summed E-state index contributed by atoms with van der Waals surface area (Å²) in [6.07, 6.45) is 3.86. The number of hydrogen-bond donors (Lipinski definition) is 2. The summed E-state index contributed by atoms with van der Waals surface area (Å²) in [6.45, 7) is 10.1. The summed E-state index contributed by atoms with van der Waals surface area (Å²) in [4.78, 5) is 9.55. The maximum Gasteiger partial charge on any atom is 0.191 e. The average molecular weight is 485 g/mol. The van der Waals surface area contributed by atoms with E-state index in [9.17, 15) is 0 Å². The van der Waals surface area contributed by atoms with Gasteiger partial charge in [-0.25, -0.2) is 0 Å². The van der Waals surface area contributed by atoms with Gasteiger partial charge in [0.15, 0.2) is 5.96 Å². The Morgan fingerprint density at radius 1 is 1.11 bits per heavy atom. The Hall–Kier alpha value is -0.860. The first-order valence-electron chi connectivity index (χ1n) is 10.2. The van der Waals surface area contributed by atoms with Crippen LogP contribution in [0.5, 0.6) is 0 Å². The van der Waals surface area contributed by atoms with Crippen molar-refractivity contribution in [3.63, 3.8) is 0 Å². The van der Waals surface area contributed by atoms with Crippen molar-refractivity contribution in [1.82, 2.24) is 20.4 Å². The number of hydrogen-bond acceptors (Lipinski definition) is 3. The van der Waals surface area contributed by atoms with Crippen LogP contribution in [0.15, 0.2) is 35.3 Å². The quantitative estimate of drug-likeness (QED) is 0.354. The molecule has 27 heavy (non-hydrogen) atoms. The Bertz CT molecular complexity index is 565. The first-order valence-corrected chi connectivity index (χ1v) is 10.2. The SMILES string of the molecule is CCN1CCC(CNC(=NC)NCC2CCCN2Cc2ccccc2)C1.I. The molecular weight excluding hydrogens is 449 g/mol. The van der Waals surface area contributed by atoms with Gasteiger partial charge in [-0.1, -0.05) is 37.3 Å². The number of halogens is 1. The zero-order valence-corrected chi connectivity index (χ0v) is 19.2. The average Bonchev–Trinajstić information content (AvgIpc) is 3.32. The van der Waals surface area contributed by atoms with Gasteiger partial charge in [0.2, 0.25) is 0 Å². The Kier molecular flexibility index (Phi) is 9.86. The number of guanidine groups is 1. The molecule has 2 fully saturated rings. The molecule has 0 amide bonds. The summed E-state index contributed by atoms with van der Waals surface area (Å²) in [5.41, 5.74) is 1.41. The van der Waals surface area contributed by atoms with E-state index in [4.69, 9.17) is 0 Å².